The first-order chi connectivity index (χ1) is 10.7. The summed E-state index contributed by atoms with van der Waals surface area (Å²) in [6.45, 7) is 2.11. The van der Waals surface area contributed by atoms with Crippen molar-refractivity contribution in [3.63, 3.8) is 0 Å². The van der Waals surface area contributed by atoms with Gasteiger partial charge in [0.05, 0.1) is 5.70 Å². The second kappa shape index (κ2) is 6.25. The molecule has 1 aliphatic rings. The molecule has 1 aliphatic carbocycles. The Balaban J connectivity index is 2.50. The summed E-state index contributed by atoms with van der Waals surface area (Å²) < 4.78 is 9.96. The molecule has 0 spiro atoms. The molecule has 8 nitrogen and oxygen atoms in total. The summed E-state index contributed by atoms with van der Waals surface area (Å²) in [5.74, 6) is -2.96. The molecule has 122 valence electrons. The Morgan fingerprint density at radius 2 is 1.91 bits per heavy atom. The van der Waals surface area contributed by atoms with Crippen LogP contribution in [0.25, 0.3) is 5.70 Å². The number of nitrogens with one attached hydrogen (secondary N) is 1. The number of H-pyrrole nitrogens is 1. The number of carbonyl (C=O) groups excluding carboxylic acids is 4. The summed E-state index contributed by atoms with van der Waals surface area (Å²) in [4.78, 5) is 48.5. The van der Waals surface area contributed by atoms with Gasteiger partial charge in [-0.05, 0) is 0 Å². The fourth-order valence-corrected chi connectivity index (χ4v) is 2.37. The third-order valence-corrected chi connectivity index (χ3v) is 3.52. The maximum absolute atomic E-state index is 11.9. The van der Waals surface area contributed by atoms with E-state index in [1.807, 2.05) is 0 Å². The summed E-state index contributed by atoms with van der Waals surface area (Å²) in [7, 11) is 0. The van der Waals surface area contributed by atoms with E-state index in [1.165, 1.54) is 20.0 Å². The van der Waals surface area contributed by atoms with E-state index in [0.717, 1.165) is 0 Å². The Kier molecular flexibility index (Phi) is 4.55. The van der Waals surface area contributed by atoms with E-state index in [4.69, 9.17) is 26.8 Å². The number of carbonyl (C=O) groups is 4. The lowest BCUT2D eigenvalue weighted by Crippen LogP contribution is -2.25. The minimum absolute atomic E-state index is 0.0492. The average Bonchev–Trinajstić information content (AvgIpc) is 2.91. The van der Waals surface area contributed by atoms with E-state index in [9.17, 15) is 19.2 Å². The van der Waals surface area contributed by atoms with Crippen molar-refractivity contribution in [2.75, 3.05) is 6.61 Å². The molecule has 0 aromatic carbocycles. The van der Waals surface area contributed by atoms with Crippen LogP contribution in [0.3, 0.4) is 0 Å². The standard InChI is InChI=1S/C14H13ClN2O6/c1-5(18)22-4-8(23-6(2)19)7-3-17-12-9(7)11(16)10(15)13(20)14(12)21/h3,8,17H,4,16H2,1-2H3. The zero-order chi connectivity index (χ0) is 17.3. The van der Waals surface area contributed by atoms with Crippen molar-refractivity contribution in [2.24, 2.45) is 5.73 Å². The Morgan fingerprint density at radius 1 is 1.26 bits per heavy atom. The smallest absolute Gasteiger partial charge is 0.303 e. The van der Waals surface area contributed by atoms with Crippen LogP contribution in [-0.4, -0.2) is 35.1 Å². The van der Waals surface area contributed by atoms with Crippen molar-refractivity contribution in [1.82, 2.24) is 4.98 Å². The molecule has 0 amide bonds. The number of hydrogen-bond donors (Lipinski definition) is 2. The number of nitrogens with two attached hydrogens (primary N) is 1. The van der Waals surface area contributed by atoms with Gasteiger partial charge in [0, 0.05) is 31.2 Å². The van der Waals surface area contributed by atoms with Crippen LogP contribution in [0.4, 0.5) is 0 Å². The Labute approximate surface area is 135 Å². The van der Waals surface area contributed by atoms with Gasteiger partial charge in [-0.15, -0.1) is 0 Å². The normalized spacial score (nSPS) is 15.3. The van der Waals surface area contributed by atoms with E-state index < -0.39 is 34.6 Å². The van der Waals surface area contributed by atoms with Gasteiger partial charge in [-0.3, -0.25) is 19.2 Å². The van der Waals surface area contributed by atoms with Crippen molar-refractivity contribution in [3.05, 3.63) is 28.0 Å². The molecule has 0 bridgehead atoms. The Hall–Kier alpha value is -2.61. The van der Waals surface area contributed by atoms with Crippen LogP contribution < -0.4 is 5.73 Å². The van der Waals surface area contributed by atoms with Crippen LogP contribution in [0.1, 0.15) is 41.6 Å². The first-order valence-electron chi connectivity index (χ1n) is 6.50. The number of allylic oxidation sites excluding steroid dienone is 1. The predicted molar refractivity (Wildman–Crippen MR) is 78.2 cm³/mol. The van der Waals surface area contributed by atoms with Crippen molar-refractivity contribution < 1.29 is 28.7 Å². The van der Waals surface area contributed by atoms with E-state index in [-0.39, 0.29) is 29.1 Å². The minimum Gasteiger partial charge on any atom is -0.462 e. The zero-order valence-electron chi connectivity index (χ0n) is 12.3. The first kappa shape index (κ1) is 16.8. The van der Waals surface area contributed by atoms with E-state index >= 15 is 0 Å². The third kappa shape index (κ3) is 3.11. The van der Waals surface area contributed by atoms with Crippen LogP contribution in [0.15, 0.2) is 11.2 Å². The van der Waals surface area contributed by atoms with Crippen LogP contribution in [-0.2, 0) is 23.9 Å². The summed E-state index contributed by atoms with van der Waals surface area (Å²) in [5, 5.41) is -0.405. The summed E-state index contributed by atoms with van der Waals surface area (Å²) in [5.41, 5.74) is 6.11. The number of fused-ring (bicyclic) bond motifs is 1. The first-order valence-corrected chi connectivity index (χ1v) is 6.88. The number of aromatic nitrogens is 1. The van der Waals surface area contributed by atoms with Crippen molar-refractivity contribution in [2.45, 2.75) is 20.0 Å². The molecular formula is C14H13ClN2O6. The topological polar surface area (TPSA) is 129 Å². The lowest BCUT2D eigenvalue weighted by atomic mass is 9.94. The molecule has 0 saturated heterocycles. The number of hydrogen-bond acceptors (Lipinski definition) is 7. The van der Waals surface area contributed by atoms with Gasteiger partial charge >= 0.3 is 11.9 Å². The highest BCUT2D eigenvalue weighted by Crippen LogP contribution is 2.34. The van der Waals surface area contributed by atoms with Crippen molar-refractivity contribution >= 4 is 40.8 Å². The number of esters is 2. The van der Waals surface area contributed by atoms with Crippen molar-refractivity contribution in [1.29, 1.82) is 0 Å². The molecule has 9 heteroatoms. The van der Waals surface area contributed by atoms with Gasteiger partial charge in [-0.1, -0.05) is 11.6 Å². The number of halogens is 1. The number of ether oxygens (including phenoxy) is 2. The largest absolute Gasteiger partial charge is 0.462 e. The molecule has 23 heavy (non-hydrogen) atoms. The molecule has 0 aliphatic heterocycles. The third-order valence-electron chi connectivity index (χ3n) is 3.14. The lowest BCUT2D eigenvalue weighted by Gasteiger charge is -2.19. The summed E-state index contributed by atoms with van der Waals surface area (Å²) in [6.07, 6.45) is 0.357. The monoisotopic (exact) mass is 340 g/mol. The van der Waals surface area contributed by atoms with Crippen LogP contribution in [0.2, 0.25) is 0 Å². The lowest BCUT2D eigenvalue weighted by molar-refractivity contribution is -0.156. The number of ketones is 2. The van der Waals surface area contributed by atoms with Crippen LogP contribution in [0.5, 0.6) is 0 Å². The highest BCUT2D eigenvalue weighted by atomic mass is 35.5. The summed E-state index contributed by atoms with van der Waals surface area (Å²) in [6, 6.07) is 0. The SMILES string of the molecule is CC(=O)OCC(OC(C)=O)c1c[nH]c2c1C(N)=C(Cl)C(=O)C2=O. The van der Waals surface area contributed by atoms with Gasteiger partial charge in [0.15, 0.2) is 6.10 Å². The minimum atomic E-state index is -1.000. The second-order valence-corrected chi connectivity index (χ2v) is 5.16. The number of aromatic amines is 1. The van der Waals surface area contributed by atoms with Gasteiger partial charge in [0.1, 0.15) is 17.3 Å². The van der Waals surface area contributed by atoms with E-state index in [2.05, 4.69) is 4.98 Å². The molecule has 0 saturated carbocycles. The zero-order valence-corrected chi connectivity index (χ0v) is 13.0. The highest BCUT2D eigenvalue weighted by Gasteiger charge is 2.36. The fraction of sp³-hybridized carbons (Fsp3) is 0.286. The predicted octanol–water partition coefficient (Wildman–Crippen LogP) is 0.814. The quantitative estimate of drug-likeness (QED) is 0.613. The molecule has 3 N–H and O–H groups in total. The molecule has 1 heterocycles. The molecular weight excluding hydrogens is 328 g/mol. The van der Waals surface area contributed by atoms with E-state index in [1.54, 1.807) is 0 Å². The number of Topliss-reactive ketones (excluding diaryl/α,β-unsaturated/α-hetero) is 2. The number of rotatable bonds is 4. The molecule has 1 atom stereocenters. The maximum atomic E-state index is 11.9. The van der Waals surface area contributed by atoms with Crippen molar-refractivity contribution in [3.8, 4) is 0 Å². The van der Waals surface area contributed by atoms with Gasteiger partial charge in [-0.25, -0.2) is 0 Å². The molecule has 1 unspecified atom stereocenters. The average molecular weight is 341 g/mol. The van der Waals surface area contributed by atoms with Gasteiger partial charge < -0.3 is 20.2 Å². The van der Waals surface area contributed by atoms with Crippen LogP contribution in [0, 0.1) is 0 Å². The highest BCUT2D eigenvalue weighted by molar-refractivity contribution is 6.64. The van der Waals surface area contributed by atoms with Gasteiger partial charge in [-0.2, -0.15) is 0 Å². The van der Waals surface area contributed by atoms with Crippen LogP contribution >= 0.6 is 11.6 Å². The Morgan fingerprint density at radius 3 is 2.48 bits per heavy atom. The molecule has 1 aromatic rings. The molecule has 1 aromatic heterocycles. The van der Waals surface area contributed by atoms with Gasteiger partial charge in [0.2, 0.25) is 5.78 Å². The second-order valence-electron chi connectivity index (χ2n) is 4.78. The van der Waals surface area contributed by atoms with E-state index in [0.29, 0.717) is 0 Å². The fourth-order valence-electron chi connectivity index (χ4n) is 2.19. The Bertz CT molecular complexity index is 748. The molecule has 0 fully saturated rings. The van der Waals surface area contributed by atoms with Gasteiger partial charge in [0.25, 0.3) is 5.78 Å². The summed E-state index contributed by atoms with van der Waals surface area (Å²) >= 11 is 5.78. The molecule has 2 rings (SSSR count). The molecule has 0 radical (unpaired) electrons. The maximum Gasteiger partial charge on any atom is 0.303 e.